The van der Waals surface area contributed by atoms with E-state index in [1.807, 2.05) is 0 Å². The number of rotatable bonds is 2. The molecule has 2 amide bonds. The number of likely N-dealkylation sites (tertiary alicyclic amines) is 1. The molecule has 2 rings (SSSR count). The number of pyridine rings is 1. The number of aryl methyl sites for hydroxylation is 1. The van der Waals surface area contributed by atoms with Crippen molar-refractivity contribution in [3.8, 4) is 0 Å². The molecule has 1 fully saturated rings. The lowest BCUT2D eigenvalue weighted by atomic mass is 10.2. The van der Waals surface area contributed by atoms with Gasteiger partial charge in [0.25, 0.3) is 0 Å². The van der Waals surface area contributed by atoms with Crippen LogP contribution >= 0.6 is 15.9 Å². The van der Waals surface area contributed by atoms with Gasteiger partial charge < -0.3 is 10.4 Å². The highest BCUT2D eigenvalue weighted by molar-refractivity contribution is 9.10. The molecule has 1 saturated heterocycles. The summed E-state index contributed by atoms with van der Waals surface area (Å²) < 4.78 is 13.9. The number of alkyl halides is 1. The van der Waals surface area contributed by atoms with Crippen LogP contribution in [0.4, 0.5) is 15.0 Å². The molecular weight excluding hydrogens is 333 g/mol. The lowest BCUT2D eigenvalue weighted by Crippen LogP contribution is -2.42. The van der Waals surface area contributed by atoms with Crippen LogP contribution in [0.15, 0.2) is 16.7 Å². The van der Waals surface area contributed by atoms with E-state index in [4.69, 9.17) is 5.11 Å². The second kappa shape index (κ2) is 5.74. The summed E-state index contributed by atoms with van der Waals surface area (Å²) in [7, 11) is 0. The van der Waals surface area contributed by atoms with E-state index in [1.54, 1.807) is 19.1 Å². The van der Waals surface area contributed by atoms with E-state index in [-0.39, 0.29) is 13.0 Å². The van der Waals surface area contributed by atoms with E-state index in [1.165, 1.54) is 0 Å². The van der Waals surface area contributed by atoms with Crippen LogP contribution in [-0.4, -0.2) is 45.7 Å². The third-order valence-corrected chi connectivity index (χ3v) is 3.54. The molecule has 1 aromatic rings. The Morgan fingerprint density at radius 3 is 2.90 bits per heavy atom. The van der Waals surface area contributed by atoms with Crippen LogP contribution in [0.25, 0.3) is 0 Å². The summed E-state index contributed by atoms with van der Waals surface area (Å²) in [6.07, 6.45) is -2.76. The maximum atomic E-state index is 13.3. The number of hydrogen-bond donors (Lipinski definition) is 2. The van der Waals surface area contributed by atoms with Crippen molar-refractivity contribution < 1.29 is 19.1 Å². The summed E-state index contributed by atoms with van der Waals surface area (Å²) in [6, 6.07) is 2.46. The van der Waals surface area contributed by atoms with Gasteiger partial charge in [-0.3, -0.25) is 9.69 Å². The number of carbonyl (C=O) groups is 2. The molecule has 0 unspecified atom stereocenters. The minimum atomic E-state index is -1.32. The summed E-state index contributed by atoms with van der Waals surface area (Å²) in [6.45, 7) is 1.48. The number of anilines is 1. The maximum Gasteiger partial charge on any atom is 0.408 e. The van der Waals surface area contributed by atoms with Gasteiger partial charge in [0, 0.05) is 6.42 Å². The van der Waals surface area contributed by atoms with Gasteiger partial charge in [-0.15, -0.1) is 0 Å². The molecule has 0 radical (unpaired) electrons. The second-order valence-electron chi connectivity index (χ2n) is 4.57. The first-order valence-corrected chi connectivity index (χ1v) is 6.75. The van der Waals surface area contributed by atoms with Crippen molar-refractivity contribution in [1.29, 1.82) is 0 Å². The molecule has 1 aliphatic heterocycles. The summed E-state index contributed by atoms with van der Waals surface area (Å²) in [4.78, 5) is 28.0. The summed E-state index contributed by atoms with van der Waals surface area (Å²) in [5, 5.41) is 11.5. The molecule has 6 nitrogen and oxygen atoms in total. The quantitative estimate of drug-likeness (QED) is 0.805. The van der Waals surface area contributed by atoms with E-state index in [9.17, 15) is 14.0 Å². The summed E-state index contributed by atoms with van der Waals surface area (Å²) in [5.74, 6) is -0.238. The fourth-order valence-corrected chi connectivity index (χ4v) is 2.39. The average molecular weight is 346 g/mol. The fourth-order valence-electron chi connectivity index (χ4n) is 2.08. The monoisotopic (exact) mass is 345 g/mol. The van der Waals surface area contributed by atoms with Gasteiger partial charge in [-0.25, -0.2) is 14.2 Å². The van der Waals surface area contributed by atoms with E-state index >= 15 is 0 Å². The van der Waals surface area contributed by atoms with Crippen LogP contribution < -0.4 is 5.32 Å². The number of nitrogens with one attached hydrogen (secondary N) is 1. The molecule has 108 valence electrons. The van der Waals surface area contributed by atoms with E-state index in [2.05, 4.69) is 26.2 Å². The van der Waals surface area contributed by atoms with Crippen molar-refractivity contribution in [1.82, 2.24) is 9.88 Å². The van der Waals surface area contributed by atoms with Crippen molar-refractivity contribution in [3.05, 3.63) is 22.3 Å². The highest BCUT2D eigenvalue weighted by Gasteiger charge is 2.40. The molecule has 1 aliphatic rings. The average Bonchev–Trinajstić information content (AvgIpc) is 2.76. The third kappa shape index (κ3) is 3.06. The van der Waals surface area contributed by atoms with Gasteiger partial charge in [0.05, 0.1) is 6.54 Å². The number of aromatic nitrogens is 1. The zero-order chi connectivity index (χ0) is 14.9. The van der Waals surface area contributed by atoms with Crippen molar-refractivity contribution in [2.75, 3.05) is 11.9 Å². The van der Waals surface area contributed by atoms with Crippen molar-refractivity contribution in [2.45, 2.75) is 25.6 Å². The van der Waals surface area contributed by atoms with Gasteiger partial charge in [-0.1, -0.05) is 6.07 Å². The standard InChI is InChI=1S/C12H13BrFN3O3/c1-6-2-3-9(13)15-10(6)16-11(18)8-4-7(14)5-17(8)12(19)20/h2-3,7-8H,4-5H2,1H3,(H,19,20)(H,15,16,18)/t7-,8+/m1/s1. The Morgan fingerprint density at radius 2 is 2.25 bits per heavy atom. The first-order chi connectivity index (χ1) is 9.38. The van der Waals surface area contributed by atoms with E-state index in [0.29, 0.717) is 10.4 Å². The number of amides is 2. The van der Waals surface area contributed by atoms with Gasteiger partial charge >= 0.3 is 6.09 Å². The Kier molecular flexibility index (Phi) is 4.22. The van der Waals surface area contributed by atoms with Gasteiger partial charge in [0.15, 0.2) is 0 Å². The SMILES string of the molecule is Cc1ccc(Br)nc1NC(=O)[C@@H]1C[C@@H](F)CN1C(=O)O. The Hall–Kier alpha value is -1.70. The smallest absolute Gasteiger partial charge is 0.408 e. The fraction of sp³-hybridized carbons (Fsp3) is 0.417. The van der Waals surface area contributed by atoms with Gasteiger partial charge in [0.2, 0.25) is 5.91 Å². The molecule has 0 aliphatic carbocycles. The van der Waals surface area contributed by atoms with Crippen LogP contribution in [0.1, 0.15) is 12.0 Å². The Balaban J connectivity index is 2.15. The van der Waals surface area contributed by atoms with E-state index in [0.717, 1.165) is 10.5 Å². The summed E-state index contributed by atoms with van der Waals surface area (Å²) in [5.41, 5.74) is 0.734. The van der Waals surface area contributed by atoms with Crippen LogP contribution in [0.5, 0.6) is 0 Å². The highest BCUT2D eigenvalue weighted by Crippen LogP contribution is 2.23. The Labute approximate surface area is 123 Å². The zero-order valence-corrected chi connectivity index (χ0v) is 12.2. The molecule has 2 heterocycles. The molecule has 2 N–H and O–H groups in total. The molecule has 0 spiro atoms. The molecular formula is C12H13BrFN3O3. The van der Waals surface area contributed by atoms with Crippen LogP contribution in [0.2, 0.25) is 0 Å². The van der Waals surface area contributed by atoms with Crippen LogP contribution in [-0.2, 0) is 4.79 Å². The third-order valence-electron chi connectivity index (χ3n) is 3.10. The minimum Gasteiger partial charge on any atom is -0.465 e. The Bertz CT molecular complexity index is 555. The molecule has 8 heteroatoms. The number of nitrogens with zero attached hydrogens (tertiary/aromatic N) is 2. The van der Waals surface area contributed by atoms with Gasteiger partial charge in [0.1, 0.15) is 22.6 Å². The van der Waals surface area contributed by atoms with Crippen molar-refractivity contribution in [2.24, 2.45) is 0 Å². The molecule has 20 heavy (non-hydrogen) atoms. The van der Waals surface area contributed by atoms with Crippen molar-refractivity contribution in [3.63, 3.8) is 0 Å². The second-order valence-corrected chi connectivity index (χ2v) is 5.38. The largest absolute Gasteiger partial charge is 0.465 e. The number of halogens is 2. The van der Waals surface area contributed by atoms with Gasteiger partial charge in [-0.05, 0) is 34.5 Å². The molecule has 2 atom stereocenters. The van der Waals surface area contributed by atoms with Crippen molar-refractivity contribution >= 4 is 33.7 Å². The zero-order valence-electron chi connectivity index (χ0n) is 10.6. The number of hydrogen-bond acceptors (Lipinski definition) is 3. The number of carbonyl (C=O) groups excluding carboxylic acids is 1. The molecule has 0 saturated carbocycles. The lowest BCUT2D eigenvalue weighted by Gasteiger charge is -2.20. The van der Waals surface area contributed by atoms with E-state index < -0.39 is 24.2 Å². The van der Waals surface area contributed by atoms with Gasteiger partial charge in [-0.2, -0.15) is 0 Å². The number of carboxylic acid groups (broad SMARTS) is 1. The normalized spacial score (nSPS) is 21.9. The first-order valence-electron chi connectivity index (χ1n) is 5.96. The minimum absolute atomic E-state index is 0.134. The van der Waals surface area contributed by atoms with Crippen LogP contribution in [0.3, 0.4) is 0 Å². The predicted molar refractivity (Wildman–Crippen MR) is 73.3 cm³/mol. The maximum absolute atomic E-state index is 13.3. The predicted octanol–water partition coefficient (Wildman–Crippen LogP) is 2.18. The summed E-state index contributed by atoms with van der Waals surface area (Å²) >= 11 is 3.19. The first kappa shape index (κ1) is 14.7. The molecule has 0 aromatic carbocycles. The highest BCUT2D eigenvalue weighted by atomic mass is 79.9. The Morgan fingerprint density at radius 1 is 1.55 bits per heavy atom. The lowest BCUT2D eigenvalue weighted by molar-refractivity contribution is -0.120. The van der Waals surface area contributed by atoms with Crippen LogP contribution in [0, 0.1) is 6.92 Å². The molecule has 1 aromatic heterocycles. The molecule has 0 bridgehead atoms. The topological polar surface area (TPSA) is 82.5 Å².